The lowest BCUT2D eigenvalue weighted by Gasteiger charge is -2.33. The minimum absolute atomic E-state index is 0.0528. The van der Waals surface area contributed by atoms with Crippen molar-refractivity contribution in [3.8, 4) is 11.4 Å². The number of aliphatic hydroxyl groups is 1. The third-order valence-corrected chi connectivity index (χ3v) is 8.45. The average Bonchev–Trinajstić information content (AvgIpc) is 3.18. The maximum absolute atomic E-state index is 14.8. The van der Waals surface area contributed by atoms with Gasteiger partial charge in [0.05, 0.1) is 17.0 Å². The standard InChI is InChI=1S/C25H23ClF2N2O3S/c1-24(2,31)20-15-30(23(29-20)22-18(27)10-7-11-19(22)28)21-13-12-17(16-8-5-4-6-9-16)14-25(21,26)34(3,32)33/h4-13,15,31H,14H2,1-3H3. The summed E-state index contributed by atoms with van der Waals surface area (Å²) in [5.74, 6) is -1.97. The van der Waals surface area contributed by atoms with E-state index < -0.39 is 36.8 Å². The number of halogens is 3. The highest BCUT2D eigenvalue weighted by atomic mass is 35.5. The van der Waals surface area contributed by atoms with E-state index in [4.69, 9.17) is 11.6 Å². The van der Waals surface area contributed by atoms with Crippen LogP contribution in [0.5, 0.6) is 0 Å². The van der Waals surface area contributed by atoms with Crippen molar-refractivity contribution in [1.82, 2.24) is 9.55 Å². The molecule has 1 aliphatic rings. The van der Waals surface area contributed by atoms with Crippen molar-refractivity contribution < 1.29 is 22.3 Å². The number of imidazole rings is 1. The van der Waals surface area contributed by atoms with Crippen LogP contribution in [0.15, 0.2) is 66.9 Å². The minimum atomic E-state index is -3.95. The van der Waals surface area contributed by atoms with E-state index in [1.54, 1.807) is 6.08 Å². The Balaban J connectivity index is 2.02. The van der Waals surface area contributed by atoms with Crippen LogP contribution in [-0.2, 0) is 15.4 Å². The number of alkyl halides is 1. The molecule has 1 N–H and O–H groups in total. The number of sulfone groups is 1. The van der Waals surface area contributed by atoms with Gasteiger partial charge in [0.2, 0.25) is 0 Å². The van der Waals surface area contributed by atoms with Crippen LogP contribution in [-0.4, -0.2) is 33.5 Å². The normalized spacial score (nSPS) is 19.0. The molecule has 0 saturated heterocycles. The molecule has 1 atom stereocenters. The number of hydrogen-bond acceptors (Lipinski definition) is 4. The molecule has 1 unspecified atom stereocenters. The van der Waals surface area contributed by atoms with Gasteiger partial charge in [-0.05, 0) is 43.2 Å². The van der Waals surface area contributed by atoms with E-state index in [0.717, 1.165) is 24.0 Å². The van der Waals surface area contributed by atoms with Crippen molar-refractivity contribution in [2.45, 2.75) is 30.1 Å². The molecule has 9 heteroatoms. The van der Waals surface area contributed by atoms with Crippen LogP contribution in [0.4, 0.5) is 8.78 Å². The number of rotatable bonds is 5. The van der Waals surface area contributed by atoms with Gasteiger partial charge >= 0.3 is 0 Å². The second-order valence-electron chi connectivity index (χ2n) is 8.76. The quantitative estimate of drug-likeness (QED) is 0.474. The second kappa shape index (κ2) is 8.45. The molecule has 0 bridgehead atoms. The van der Waals surface area contributed by atoms with Gasteiger partial charge in [-0.2, -0.15) is 0 Å². The summed E-state index contributed by atoms with van der Waals surface area (Å²) in [5.41, 5.74) is -0.291. The van der Waals surface area contributed by atoms with Gasteiger partial charge in [-0.3, -0.25) is 0 Å². The van der Waals surface area contributed by atoms with E-state index in [0.29, 0.717) is 5.57 Å². The van der Waals surface area contributed by atoms with Crippen LogP contribution in [0.3, 0.4) is 0 Å². The first-order chi connectivity index (χ1) is 15.8. The van der Waals surface area contributed by atoms with E-state index in [-0.39, 0.29) is 23.6 Å². The zero-order chi connectivity index (χ0) is 24.9. The lowest BCUT2D eigenvalue weighted by molar-refractivity contribution is 0.0743. The Bertz CT molecular complexity index is 1400. The van der Waals surface area contributed by atoms with Crippen molar-refractivity contribution in [3.63, 3.8) is 0 Å². The zero-order valence-corrected chi connectivity index (χ0v) is 20.3. The molecule has 2 aromatic carbocycles. The summed E-state index contributed by atoms with van der Waals surface area (Å²) >= 11 is 6.86. The van der Waals surface area contributed by atoms with E-state index in [2.05, 4.69) is 4.98 Å². The minimum Gasteiger partial charge on any atom is -0.384 e. The highest BCUT2D eigenvalue weighted by molar-refractivity contribution is 7.94. The first-order valence-corrected chi connectivity index (χ1v) is 12.7. The van der Waals surface area contributed by atoms with Crippen molar-refractivity contribution in [2.24, 2.45) is 0 Å². The Morgan fingerprint density at radius 2 is 1.68 bits per heavy atom. The molecule has 0 fully saturated rings. The topological polar surface area (TPSA) is 72.2 Å². The summed E-state index contributed by atoms with van der Waals surface area (Å²) in [5, 5.41) is 10.5. The third kappa shape index (κ3) is 4.21. The van der Waals surface area contributed by atoms with Gasteiger partial charge in [0.1, 0.15) is 17.2 Å². The van der Waals surface area contributed by atoms with E-state index in [9.17, 15) is 22.3 Å². The third-order valence-electron chi connectivity index (χ3n) is 5.75. The van der Waals surface area contributed by atoms with Crippen LogP contribution in [0.25, 0.3) is 22.7 Å². The van der Waals surface area contributed by atoms with Gasteiger partial charge < -0.3 is 9.67 Å². The summed E-state index contributed by atoms with van der Waals surface area (Å²) in [4.78, 5) is 4.29. The molecule has 1 aromatic heterocycles. The fourth-order valence-corrected chi connectivity index (χ4v) is 5.14. The Hall–Kier alpha value is -2.81. The van der Waals surface area contributed by atoms with Crippen LogP contribution in [0.1, 0.15) is 31.5 Å². The predicted molar refractivity (Wildman–Crippen MR) is 130 cm³/mol. The number of aromatic nitrogens is 2. The van der Waals surface area contributed by atoms with Gasteiger partial charge in [-0.1, -0.05) is 54.1 Å². The summed E-state index contributed by atoms with van der Waals surface area (Å²) in [6, 6.07) is 12.6. The maximum atomic E-state index is 14.8. The number of nitrogens with zero attached hydrogens (tertiary/aromatic N) is 2. The van der Waals surface area contributed by atoms with Gasteiger partial charge in [-0.25, -0.2) is 22.2 Å². The Morgan fingerprint density at radius 3 is 2.24 bits per heavy atom. The number of benzene rings is 2. The molecule has 1 heterocycles. The molecular weight excluding hydrogens is 482 g/mol. The molecule has 178 valence electrons. The van der Waals surface area contributed by atoms with Crippen LogP contribution in [0, 0.1) is 11.6 Å². The lowest BCUT2D eigenvalue weighted by atomic mass is 9.95. The lowest BCUT2D eigenvalue weighted by Crippen LogP contribution is -2.37. The molecule has 0 aliphatic heterocycles. The van der Waals surface area contributed by atoms with Crippen molar-refractivity contribution in [3.05, 3.63) is 89.8 Å². The predicted octanol–water partition coefficient (Wildman–Crippen LogP) is 5.36. The molecule has 1 aliphatic carbocycles. The smallest absolute Gasteiger partial charge is 0.189 e. The summed E-state index contributed by atoms with van der Waals surface area (Å²) in [7, 11) is -3.95. The second-order valence-corrected chi connectivity index (χ2v) is 11.9. The number of allylic oxidation sites excluding steroid dienone is 3. The Labute approximate surface area is 202 Å². The molecule has 5 nitrogen and oxygen atoms in total. The first-order valence-electron chi connectivity index (χ1n) is 10.5. The van der Waals surface area contributed by atoms with Gasteiger partial charge in [0.15, 0.2) is 19.9 Å². The molecule has 0 saturated carbocycles. The molecule has 0 amide bonds. The molecular formula is C25H23ClF2N2O3S. The van der Waals surface area contributed by atoms with E-state index in [1.165, 1.54) is 36.8 Å². The van der Waals surface area contributed by atoms with Gasteiger partial charge in [0.25, 0.3) is 0 Å². The van der Waals surface area contributed by atoms with Crippen LogP contribution in [0.2, 0.25) is 0 Å². The largest absolute Gasteiger partial charge is 0.384 e. The SMILES string of the molecule is CC(C)(O)c1cn(C2=CC=C(c3ccccc3)CC2(Cl)S(C)(=O)=O)c(-c2c(F)cccc2F)n1. The zero-order valence-electron chi connectivity index (χ0n) is 18.8. The first kappa shape index (κ1) is 24.3. The molecule has 0 radical (unpaired) electrons. The monoisotopic (exact) mass is 504 g/mol. The Morgan fingerprint density at radius 1 is 1.06 bits per heavy atom. The molecule has 3 aromatic rings. The van der Waals surface area contributed by atoms with Crippen LogP contribution < -0.4 is 0 Å². The van der Waals surface area contributed by atoms with Gasteiger partial charge in [0, 0.05) is 18.9 Å². The Kier molecular flexibility index (Phi) is 6.04. The van der Waals surface area contributed by atoms with Crippen molar-refractivity contribution >= 4 is 32.7 Å². The summed E-state index contributed by atoms with van der Waals surface area (Å²) in [6.45, 7) is 2.93. The average molecular weight is 505 g/mol. The molecule has 0 spiro atoms. The summed E-state index contributed by atoms with van der Waals surface area (Å²) < 4.78 is 54.9. The highest BCUT2D eigenvalue weighted by Crippen LogP contribution is 2.47. The van der Waals surface area contributed by atoms with Gasteiger partial charge in [-0.15, -0.1) is 0 Å². The fraction of sp³-hybridized carbons (Fsp3) is 0.240. The van der Waals surface area contributed by atoms with Crippen LogP contribution >= 0.6 is 11.6 Å². The van der Waals surface area contributed by atoms with E-state index in [1.807, 2.05) is 30.3 Å². The molecule has 34 heavy (non-hydrogen) atoms. The fourth-order valence-electron chi connectivity index (χ4n) is 3.88. The van der Waals surface area contributed by atoms with Crippen molar-refractivity contribution in [1.29, 1.82) is 0 Å². The van der Waals surface area contributed by atoms with E-state index >= 15 is 0 Å². The maximum Gasteiger partial charge on any atom is 0.189 e. The molecule has 4 rings (SSSR count). The summed E-state index contributed by atoms with van der Waals surface area (Å²) in [6.07, 6.45) is 5.52. The number of hydrogen-bond donors (Lipinski definition) is 1. The van der Waals surface area contributed by atoms with Crippen molar-refractivity contribution in [2.75, 3.05) is 6.26 Å². The highest BCUT2D eigenvalue weighted by Gasteiger charge is 2.47.